The Labute approximate surface area is 82.0 Å². The van der Waals surface area contributed by atoms with Gasteiger partial charge >= 0.3 is 5.97 Å². The van der Waals surface area contributed by atoms with Crippen LogP contribution in [0.5, 0.6) is 0 Å². The largest absolute Gasteiger partial charge is 0.335 e. The fourth-order valence-corrected chi connectivity index (χ4v) is 1.05. The van der Waals surface area contributed by atoms with E-state index in [0.717, 1.165) is 0 Å². The van der Waals surface area contributed by atoms with Gasteiger partial charge in [-0.05, 0) is 0 Å². The van der Waals surface area contributed by atoms with Gasteiger partial charge in [-0.1, -0.05) is 20.8 Å². The molecule has 1 fully saturated rings. The summed E-state index contributed by atoms with van der Waals surface area (Å²) < 4.78 is 0. The molecule has 78 valence electrons. The van der Waals surface area contributed by atoms with E-state index in [2.05, 4.69) is 4.84 Å². The van der Waals surface area contributed by atoms with E-state index in [4.69, 9.17) is 0 Å². The second-order valence-corrected chi connectivity index (χ2v) is 3.70. The predicted molar refractivity (Wildman–Crippen MR) is 46.6 cm³/mol. The van der Waals surface area contributed by atoms with Gasteiger partial charge in [0.25, 0.3) is 11.8 Å². The molecular formula is C9H13NO4. The fourth-order valence-electron chi connectivity index (χ4n) is 1.05. The monoisotopic (exact) mass is 199 g/mol. The Morgan fingerprint density at radius 1 is 1.50 bits per heavy atom. The Morgan fingerprint density at radius 3 is 2.43 bits per heavy atom. The van der Waals surface area contributed by atoms with Crippen LogP contribution in [-0.2, 0) is 19.2 Å². The molecule has 5 heteroatoms. The SMILES string of the molecule is CC(C)C(=O)ON1C(=O)CC(C)C1=O. The van der Waals surface area contributed by atoms with Gasteiger partial charge in [0, 0.05) is 12.3 Å². The van der Waals surface area contributed by atoms with Crippen LogP contribution in [0, 0.1) is 11.8 Å². The van der Waals surface area contributed by atoms with Crippen molar-refractivity contribution in [1.29, 1.82) is 0 Å². The average Bonchev–Trinajstić information content (AvgIpc) is 2.32. The van der Waals surface area contributed by atoms with Gasteiger partial charge in [-0.2, -0.15) is 0 Å². The Bertz CT molecular complexity index is 285. The number of carbonyl (C=O) groups is 3. The number of imide groups is 1. The molecule has 0 aromatic carbocycles. The maximum Gasteiger partial charge on any atom is 0.335 e. The van der Waals surface area contributed by atoms with Gasteiger partial charge in [0.1, 0.15) is 0 Å². The first-order chi connectivity index (χ1) is 6.43. The number of hydrogen-bond donors (Lipinski definition) is 0. The van der Waals surface area contributed by atoms with Crippen molar-refractivity contribution in [1.82, 2.24) is 5.06 Å². The molecule has 0 aliphatic carbocycles. The van der Waals surface area contributed by atoms with Crippen LogP contribution in [0.1, 0.15) is 27.2 Å². The third-order valence-electron chi connectivity index (χ3n) is 1.98. The second-order valence-electron chi connectivity index (χ2n) is 3.70. The van der Waals surface area contributed by atoms with Gasteiger partial charge in [0.15, 0.2) is 0 Å². The number of hydroxylamine groups is 2. The van der Waals surface area contributed by atoms with Crippen molar-refractivity contribution in [3.05, 3.63) is 0 Å². The Kier molecular flexibility index (Phi) is 2.88. The smallest absolute Gasteiger partial charge is 0.330 e. The van der Waals surface area contributed by atoms with Crippen LogP contribution in [0.15, 0.2) is 0 Å². The lowest BCUT2D eigenvalue weighted by molar-refractivity contribution is -0.200. The summed E-state index contributed by atoms with van der Waals surface area (Å²) in [6, 6.07) is 0. The van der Waals surface area contributed by atoms with E-state index in [1.54, 1.807) is 20.8 Å². The molecule has 1 saturated heterocycles. The minimum absolute atomic E-state index is 0.115. The standard InChI is InChI=1S/C9H13NO4/c1-5(2)9(13)14-10-7(11)4-6(3)8(10)12/h5-6H,4H2,1-3H3. The van der Waals surface area contributed by atoms with Crippen molar-refractivity contribution in [2.45, 2.75) is 27.2 Å². The molecule has 1 unspecified atom stereocenters. The summed E-state index contributed by atoms with van der Waals surface area (Å²) in [5.41, 5.74) is 0. The zero-order valence-corrected chi connectivity index (χ0v) is 8.44. The third-order valence-corrected chi connectivity index (χ3v) is 1.98. The van der Waals surface area contributed by atoms with Crippen molar-refractivity contribution in [2.24, 2.45) is 11.8 Å². The van der Waals surface area contributed by atoms with E-state index in [9.17, 15) is 14.4 Å². The summed E-state index contributed by atoms with van der Waals surface area (Å²) in [7, 11) is 0. The van der Waals surface area contributed by atoms with Gasteiger partial charge < -0.3 is 4.84 Å². The maximum absolute atomic E-state index is 11.3. The molecule has 0 aromatic rings. The maximum atomic E-state index is 11.3. The van der Waals surface area contributed by atoms with Crippen molar-refractivity contribution in [3.8, 4) is 0 Å². The van der Waals surface area contributed by atoms with Crippen LogP contribution in [-0.4, -0.2) is 22.8 Å². The molecule has 1 atom stereocenters. The van der Waals surface area contributed by atoms with Gasteiger partial charge in [-0.15, -0.1) is 5.06 Å². The number of nitrogens with zero attached hydrogens (tertiary/aromatic N) is 1. The highest BCUT2D eigenvalue weighted by atomic mass is 16.7. The van der Waals surface area contributed by atoms with Crippen LogP contribution in [0.3, 0.4) is 0 Å². The van der Waals surface area contributed by atoms with Crippen molar-refractivity contribution < 1.29 is 19.2 Å². The van der Waals surface area contributed by atoms with Crippen LogP contribution >= 0.6 is 0 Å². The van der Waals surface area contributed by atoms with Gasteiger partial charge in [0.2, 0.25) is 0 Å². The molecular weight excluding hydrogens is 186 g/mol. The van der Waals surface area contributed by atoms with Gasteiger partial charge in [-0.3, -0.25) is 9.59 Å². The zero-order valence-electron chi connectivity index (χ0n) is 8.44. The van der Waals surface area contributed by atoms with E-state index >= 15 is 0 Å². The van der Waals surface area contributed by atoms with Crippen LogP contribution in [0.2, 0.25) is 0 Å². The Balaban J connectivity index is 2.65. The highest BCUT2D eigenvalue weighted by Crippen LogP contribution is 2.19. The second kappa shape index (κ2) is 3.77. The molecule has 14 heavy (non-hydrogen) atoms. The minimum atomic E-state index is -0.569. The van der Waals surface area contributed by atoms with E-state index in [1.165, 1.54) is 0 Å². The molecule has 0 aromatic heterocycles. The van der Waals surface area contributed by atoms with Gasteiger partial charge in [0.05, 0.1) is 5.92 Å². The lowest BCUT2D eigenvalue weighted by Crippen LogP contribution is -2.34. The Morgan fingerprint density at radius 2 is 2.07 bits per heavy atom. The molecule has 1 aliphatic heterocycles. The average molecular weight is 199 g/mol. The normalized spacial score (nSPS) is 22.0. The Hall–Kier alpha value is -1.39. The van der Waals surface area contributed by atoms with Crippen molar-refractivity contribution in [2.75, 3.05) is 0 Å². The summed E-state index contributed by atoms with van der Waals surface area (Å²) >= 11 is 0. The minimum Gasteiger partial charge on any atom is -0.330 e. The zero-order chi connectivity index (χ0) is 10.9. The molecule has 1 heterocycles. The van der Waals surface area contributed by atoms with Gasteiger partial charge in [-0.25, -0.2) is 4.79 Å². The molecule has 0 bridgehead atoms. The lowest BCUT2D eigenvalue weighted by atomic mass is 10.1. The predicted octanol–water partition coefficient (Wildman–Crippen LogP) is 0.496. The molecule has 5 nitrogen and oxygen atoms in total. The van der Waals surface area contributed by atoms with E-state index < -0.39 is 17.8 Å². The highest BCUT2D eigenvalue weighted by molar-refractivity contribution is 6.03. The summed E-state index contributed by atoms with van der Waals surface area (Å²) in [5, 5.41) is 0.576. The third kappa shape index (κ3) is 1.92. The first-order valence-corrected chi connectivity index (χ1v) is 4.52. The van der Waals surface area contributed by atoms with E-state index in [0.29, 0.717) is 5.06 Å². The van der Waals surface area contributed by atoms with E-state index in [1.807, 2.05) is 0 Å². The molecule has 0 saturated carbocycles. The van der Waals surface area contributed by atoms with E-state index in [-0.39, 0.29) is 18.3 Å². The number of rotatable bonds is 2. The molecule has 1 aliphatic rings. The number of hydrogen-bond acceptors (Lipinski definition) is 4. The highest BCUT2D eigenvalue weighted by Gasteiger charge is 2.39. The van der Waals surface area contributed by atoms with Crippen molar-refractivity contribution >= 4 is 17.8 Å². The summed E-state index contributed by atoms with van der Waals surface area (Å²) in [6.45, 7) is 4.90. The summed E-state index contributed by atoms with van der Waals surface area (Å²) in [4.78, 5) is 38.3. The quantitative estimate of drug-likeness (QED) is 0.607. The molecule has 2 amide bonds. The molecule has 0 N–H and O–H groups in total. The summed E-state index contributed by atoms with van der Waals surface area (Å²) in [5.74, 6) is -2.20. The van der Waals surface area contributed by atoms with Crippen LogP contribution in [0.25, 0.3) is 0 Å². The molecule has 0 radical (unpaired) electrons. The first-order valence-electron chi connectivity index (χ1n) is 4.52. The fraction of sp³-hybridized carbons (Fsp3) is 0.667. The summed E-state index contributed by atoms with van der Waals surface area (Å²) in [6.07, 6.45) is 0.115. The molecule has 1 rings (SSSR count). The van der Waals surface area contributed by atoms with Crippen molar-refractivity contribution in [3.63, 3.8) is 0 Å². The molecule has 0 spiro atoms. The van der Waals surface area contributed by atoms with Crippen LogP contribution in [0.4, 0.5) is 0 Å². The topological polar surface area (TPSA) is 63.7 Å². The number of carbonyl (C=O) groups excluding carboxylic acids is 3. The first kappa shape index (κ1) is 10.7. The van der Waals surface area contributed by atoms with Crippen LogP contribution < -0.4 is 0 Å². The lowest BCUT2D eigenvalue weighted by Gasteiger charge is -2.14. The number of amides is 2.